The van der Waals surface area contributed by atoms with E-state index in [2.05, 4.69) is 27.5 Å². The summed E-state index contributed by atoms with van der Waals surface area (Å²) in [7, 11) is 0. The topological polar surface area (TPSA) is 66.9 Å². The molecule has 22 heavy (non-hydrogen) atoms. The molecule has 1 heterocycles. The Morgan fingerprint density at radius 2 is 1.95 bits per heavy atom. The Bertz CT molecular complexity index is 610. The van der Waals surface area contributed by atoms with Gasteiger partial charge in [0.05, 0.1) is 0 Å². The van der Waals surface area contributed by atoms with Crippen molar-refractivity contribution in [3.8, 4) is 0 Å². The predicted octanol–water partition coefficient (Wildman–Crippen LogP) is 2.93. The molecule has 0 aliphatic heterocycles. The molecule has 0 aliphatic carbocycles. The summed E-state index contributed by atoms with van der Waals surface area (Å²) >= 11 is 0. The third-order valence-corrected chi connectivity index (χ3v) is 3.28. The number of nitrogens with one attached hydrogen (secondary N) is 2. The second-order valence-electron chi connectivity index (χ2n) is 5.21. The van der Waals surface area contributed by atoms with E-state index in [4.69, 9.17) is 0 Å². The fraction of sp³-hybridized carbons (Fsp3) is 0.353. The molecule has 1 aromatic heterocycles. The number of unbranched alkanes of at least 4 members (excludes halogenated alkanes) is 1. The molecule has 0 saturated carbocycles. The lowest BCUT2D eigenvalue weighted by Gasteiger charge is -2.07. The first-order valence-corrected chi connectivity index (χ1v) is 7.59. The fourth-order valence-electron chi connectivity index (χ4n) is 1.93. The highest BCUT2D eigenvalue weighted by Crippen LogP contribution is 2.04. The number of aryl methyl sites for hydroxylation is 1. The lowest BCUT2D eigenvalue weighted by molar-refractivity contribution is 0.0946. The Balaban J connectivity index is 1.91. The number of rotatable bonds is 7. The maximum atomic E-state index is 12.1. The maximum Gasteiger partial charge on any atom is 0.270 e. The van der Waals surface area contributed by atoms with Gasteiger partial charge < -0.3 is 10.6 Å². The standard InChI is InChI=1S/C17H22N4O/c1-3-4-10-18-17-19-11-9-15(21-17)16(22)20-12-14-7-5-13(2)6-8-14/h5-9,11H,3-4,10,12H2,1-2H3,(H,20,22)(H,18,19,21). The van der Waals surface area contributed by atoms with Gasteiger partial charge in [-0.2, -0.15) is 0 Å². The van der Waals surface area contributed by atoms with Crippen LogP contribution in [-0.4, -0.2) is 22.4 Å². The minimum absolute atomic E-state index is 0.193. The molecule has 1 aromatic carbocycles. The molecule has 0 atom stereocenters. The Morgan fingerprint density at radius 1 is 1.18 bits per heavy atom. The van der Waals surface area contributed by atoms with Crippen LogP contribution < -0.4 is 10.6 Å². The van der Waals surface area contributed by atoms with Crippen molar-refractivity contribution in [2.45, 2.75) is 33.2 Å². The summed E-state index contributed by atoms with van der Waals surface area (Å²) in [6, 6.07) is 9.69. The Labute approximate surface area is 131 Å². The van der Waals surface area contributed by atoms with Gasteiger partial charge in [-0.3, -0.25) is 4.79 Å². The third kappa shape index (κ3) is 4.84. The van der Waals surface area contributed by atoms with Gasteiger partial charge in [0, 0.05) is 19.3 Å². The summed E-state index contributed by atoms with van der Waals surface area (Å²) in [5, 5.41) is 5.99. The quantitative estimate of drug-likeness (QED) is 0.771. The first kappa shape index (κ1) is 15.9. The number of nitrogens with zero attached hydrogens (tertiary/aromatic N) is 2. The van der Waals surface area contributed by atoms with Gasteiger partial charge >= 0.3 is 0 Å². The summed E-state index contributed by atoms with van der Waals surface area (Å²) in [5.74, 6) is 0.304. The van der Waals surface area contributed by atoms with E-state index < -0.39 is 0 Å². The lowest BCUT2D eigenvalue weighted by Crippen LogP contribution is -2.24. The largest absolute Gasteiger partial charge is 0.354 e. The molecule has 5 heteroatoms. The Hall–Kier alpha value is -2.43. The van der Waals surface area contributed by atoms with Gasteiger partial charge in [0.15, 0.2) is 0 Å². The summed E-state index contributed by atoms with van der Waals surface area (Å²) in [4.78, 5) is 20.5. The van der Waals surface area contributed by atoms with Crippen LogP contribution in [0, 0.1) is 6.92 Å². The van der Waals surface area contributed by atoms with Gasteiger partial charge in [-0.15, -0.1) is 0 Å². The molecular formula is C17H22N4O. The molecule has 1 amide bonds. The van der Waals surface area contributed by atoms with E-state index >= 15 is 0 Å². The third-order valence-electron chi connectivity index (χ3n) is 3.28. The normalized spacial score (nSPS) is 10.3. The van der Waals surface area contributed by atoms with Gasteiger partial charge in [-0.1, -0.05) is 43.2 Å². The van der Waals surface area contributed by atoms with Crippen molar-refractivity contribution < 1.29 is 4.79 Å². The summed E-state index contributed by atoms with van der Waals surface area (Å²) in [6.45, 7) is 5.46. The number of carbonyl (C=O) groups excluding carboxylic acids is 1. The highest BCUT2D eigenvalue weighted by atomic mass is 16.1. The number of aromatic nitrogens is 2. The van der Waals surface area contributed by atoms with Crippen LogP contribution in [0.5, 0.6) is 0 Å². The molecule has 2 aromatic rings. The highest BCUT2D eigenvalue weighted by molar-refractivity contribution is 5.92. The van der Waals surface area contributed by atoms with Crippen molar-refractivity contribution in [1.29, 1.82) is 0 Å². The van der Waals surface area contributed by atoms with Crippen molar-refractivity contribution in [1.82, 2.24) is 15.3 Å². The number of hydrogen-bond acceptors (Lipinski definition) is 4. The molecule has 5 nitrogen and oxygen atoms in total. The SMILES string of the molecule is CCCCNc1nccc(C(=O)NCc2ccc(C)cc2)n1. The molecule has 0 fully saturated rings. The van der Waals surface area contributed by atoms with Crippen molar-refractivity contribution in [3.05, 3.63) is 53.3 Å². The fourth-order valence-corrected chi connectivity index (χ4v) is 1.93. The number of benzene rings is 1. The minimum Gasteiger partial charge on any atom is -0.354 e. The molecular weight excluding hydrogens is 276 g/mol. The van der Waals surface area contributed by atoms with E-state index in [0.717, 1.165) is 24.9 Å². The van der Waals surface area contributed by atoms with E-state index in [1.54, 1.807) is 12.3 Å². The van der Waals surface area contributed by atoms with Crippen LogP contribution >= 0.6 is 0 Å². The first-order valence-electron chi connectivity index (χ1n) is 7.59. The van der Waals surface area contributed by atoms with Crippen LogP contribution in [0.1, 0.15) is 41.4 Å². The second-order valence-corrected chi connectivity index (χ2v) is 5.21. The summed E-state index contributed by atoms with van der Waals surface area (Å²) < 4.78 is 0. The number of anilines is 1. The van der Waals surface area contributed by atoms with E-state index in [1.807, 2.05) is 31.2 Å². The van der Waals surface area contributed by atoms with Crippen LogP contribution in [0.25, 0.3) is 0 Å². The number of amides is 1. The average Bonchev–Trinajstić information content (AvgIpc) is 2.54. The first-order chi connectivity index (χ1) is 10.7. The second kappa shape index (κ2) is 8.12. The van der Waals surface area contributed by atoms with E-state index in [9.17, 15) is 4.79 Å². The minimum atomic E-state index is -0.193. The van der Waals surface area contributed by atoms with Crippen molar-refractivity contribution in [2.75, 3.05) is 11.9 Å². The lowest BCUT2D eigenvalue weighted by atomic mass is 10.1. The van der Waals surface area contributed by atoms with Gasteiger partial charge in [-0.05, 0) is 25.0 Å². The van der Waals surface area contributed by atoms with Crippen molar-refractivity contribution >= 4 is 11.9 Å². The Kier molecular flexibility index (Phi) is 5.89. The number of hydrogen-bond donors (Lipinski definition) is 2. The van der Waals surface area contributed by atoms with E-state index in [-0.39, 0.29) is 5.91 Å². The number of carbonyl (C=O) groups is 1. The smallest absolute Gasteiger partial charge is 0.270 e. The Morgan fingerprint density at radius 3 is 2.68 bits per heavy atom. The zero-order valence-corrected chi connectivity index (χ0v) is 13.1. The molecule has 0 bridgehead atoms. The van der Waals surface area contributed by atoms with Crippen LogP contribution in [-0.2, 0) is 6.54 Å². The summed E-state index contributed by atoms with van der Waals surface area (Å²) in [5.41, 5.74) is 2.64. The van der Waals surface area contributed by atoms with Crippen molar-refractivity contribution in [3.63, 3.8) is 0 Å². The maximum absolute atomic E-state index is 12.1. The zero-order valence-electron chi connectivity index (χ0n) is 13.1. The molecule has 0 aliphatic rings. The predicted molar refractivity (Wildman–Crippen MR) is 87.8 cm³/mol. The average molecular weight is 298 g/mol. The molecule has 2 N–H and O–H groups in total. The van der Waals surface area contributed by atoms with Gasteiger partial charge in [0.2, 0.25) is 5.95 Å². The molecule has 0 radical (unpaired) electrons. The van der Waals surface area contributed by atoms with E-state index in [0.29, 0.717) is 18.2 Å². The van der Waals surface area contributed by atoms with E-state index in [1.165, 1.54) is 5.56 Å². The van der Waals surface area contributed by atoms with Crippen LogP contribution in [0.3, 0.4) is 0 Å². The molecule has 2 rings (SSSR count). The van der Waals surface area contributed by atoms with Crippen LogP contribution in [0.15, 0.2) is 36.5 Å². The molecule has 0 spiro atoms. The van der Waals surface area contributed by atoms with Gasteiger partial charge in [0.25, 0.3) is 5.91 Å². The van der Waals surface area contributed by atoms with Crippen molar-refractivity contribution in [2.24, 2.45) is 0 Å². The molecule has 0 unspecified atom stereocenters. The van der Waals surface area contributed by atoms with Crippen LogP contribution in [0.2, 0.25) is 0 Å². The monoisotopic (exact) mass is 298 g/mol. The van der Waals surface area contributed by atoms with Gasteiger partial charge in [-0.25, -0.2) is 9.97 Å². The highest BCUT2D eigenvalue weighted by Gasteiger charge is 2.08. The molecule has 116 valence electrons. The zero-order chi connectivity index (χ0) is 15.8. The van der Waals surface area contributed by atoms with Crippen LogP contribution in [0.4, 0.5) is 5.95 Å². The molecule has 0 saturated heterocycles. The summed E-state index contributed by atoms with van der Waals surface area (Å²) in [6.07, 6.45) is 3.75. The van der Waals surface area contributed by atoms with Gasteiger partial charge in [0.1, 0.15) is 5.69 Å².